The zero-order valence-corrected chi connectivity index (χ0v) is 15.7. The van der Waals surface area contributed by atoms with E-state index in [4.69, 9.17) is 22.1 Å². The Balaban J connectivity index is 1.62. The number of nitrogen functional groups attached to an aromatic ring is 1. The number of aryl methyl sites for hydroxylation is 1. The van der Waals surface area contributed by atoms with Crippen LogP contribution in [0.5, 0.6) is 5.75 Å². The van der Waals surface area contributed by atoms with Crippen LogP contribution in [0.15, 0.2) is 58.5 Å². The van der Waals surface area contributed by atoms with Crippen LogP contribution in [-0.4, -0.2) is 22.3 Å². The first-order valence-corrected chi connectivity index (χ1v) is 9.38. The maximum absolute atomic E-state index is 12.4. The number of rotatable bonds is 6. The molecule has 2 aromatic carbocycles. The third-order valence-corrected chi connectivity index (χ3v) is 4.97. The van der Waals surface area contributed by atoms with Crippen molar-refractivity contribution in [3.8, 4) is 16.9 Å². The molecule has 3 rings (SSSR count). The van der Waals surface area contributed by atoms with Gasteiger partial charge in [0.1, 0.15) is 11.6 Å². The van der Waals surface area contributed by atoms with Crippen LogP contribution in [0.4, 0.5) is 5.82 Å². The zero-order valence-electron chi connectivity index (χ0n) is 14.2. The van der Waals surface area contributed by atoms with Crippen molar-refractivity contribution in [2.75, 3.05) is 18.1 Å². The van der Waals surface area contributed by atoms with Crippen molar-refractivity contribution in [3.63, 3.8) is 0 Å². The van der Waals surface area contributed by atoms with Gasteiger partial charge in [-0.05, 0) is 36.2 Å². The minimum Gasteiger partial charge on any atom is -0.493 e. The molecule has 26 heavy (non-hydrogen) atoms. The Hall–Kier alpha value is -2.44. The number of halogens is 1. The van der Waals surface area contributed by atoms with Crippen molar-refractivity contribution in [1.82, 2.24) is 9.97 Å². The van der Waals surface area contributed by atoms with Gasteiger partial charge in [0.15, 0.2) is 5.16 Å². The third kappa shape index (κ3) is 4.39. The van der Waals surface area contributed by atoms with Crippen LogP contribution in [0.2, 0.25) is 5.02 Å². The van der Waals surface area contributed by atoms with Crippen LogP contribution in [0, 0.1) is 6.92 Å². The molecule has 0 fully saturated rings. The lowest BCUT2D eigenvalue weighted by Gasteiger charge is -2.09. The zero-order chi connectivity index (χ0) is 18.5. The van der Waals surface area contributed by atoms with Gasteiger partial charge in [0.2, 0.25) is 0 Å². The highest BCUT2D eigenvalue weighted by Gasteiger charge is 2.11. The first kappa shape index (κ1) is 18.4. The van der Waals surface area contributed by atoms with Gasteiger partial charge in [0, 0.05) is 10.8 Å². The molecule has 0 radical (unpaired) electrons. The van der Waals surface area contributed by atoms with E-state index >= 15 is 0 Å². The van der Waals surface area contributed by atoms with Crippen molar-refractivity contribution < 1.29 is 4.74 Å². The van der Waals surface area contributed by atoms with Crippen LogP contribution >= 0.6 is 23.4 Å². The van der Waals surface area contributed by atoms with Gasteiger partial charge in [-0.3, -0.25) is 4.79 Å². The second-order valence-electron chi connectivity index (χ2n) is 5.61. The topological polar surface area (TPSA) is 81.0 Å². The van der Waals surface area contributed by atoms with Gasteiger partial charge in [-0.25, -0.2) is 4.98 Å². The molecule has 5 nitrogen and oxygen atoms in total. The Morgan fingerprint density at radius 2 is 2.00 bits per heavy atom. The molecule has 7 heteroatoms. The molecule has 0 unspecified atom stereocenters. The molecule has 0 aliphatic rings. The number of thioether (sulfide) groups is 1. The number of ether oxygens (including phenoxy) is 1. The number of hydrogen-bond donors (Lipinski definition) is 2. The molecular weight excluding hydrogens is 370 g/mol. The number of nitrogens with two attached hydrogens (primary N) is 1. The first-order chi connectivity index (χ1) is 12.5. The Bertz CT molecular complexity index is 961. The van der Waals surface area contributed by atoms with Crippen LogP contribution in [0.3, 0.4) is 0 Å². The smallest absolute Gasteiger partial charge is 0.261 e. The largest absolute Gasteiger partial charge is 0.493 e. The molecule has 0 aliphatic heterocycles. The van der Waals surface area contributed by atoms with Crippen LogP contribution in [0.25, 0.3) is 11.1 Å². The van der Waals surface area contributed by atoms with E-state index in [1.165, 1.54) is 11.8 Å². The molecule has 3 aromatic rings. The summed E-state index contributed by atoms with van der Waals surface area (Å²) in [5.74, 6) is 1.60. The van der Waals surface area contributed by atoms with E-state index in [-0.39, 0.29) is 11.4 Å². The Kier molecular flexibility index (Phi) is 5.85. The molecule has 0 bridgehead atoms. The van der Waals surface area contributed by atoms with Gasteiger partial charge in [-0.2, -0.15) is 0 Å². The normalized spacial score (nSPS) is 10.7. The number of H-pyrrole nitrogens is 1. The minimum atomic E-state index is -0.250. The summed E-state index contributed by atoms with van der Waals surface area (Å²) in [6.45, 7) is 2.39. The SMILES string of the molecule is Cc1cc(OCCSc2nc(N)c(-c3ccccc3)c(=O)[nH]2)ccc1Cl. The van der Waals surface area contributed by atoms with Gasteiger partial charge in [-0.15, -0.1) is 0 Å². The maximum atomic E-state index is 12.4. The van der Waals surface area contributed by atoms with E-state index in [2.05, 4.69) is 9.97 Å². The molecule has 0 saturated carbocycles. The Morgan fingerprint density at radius 1 is 1.23 bits per heavy atom. The van der Waals surface area contributed by atoms with E-state index in [0.29, 0.717) is 28.1 Å². The van der Waals surface area contributed by atoms with Crippen molar-refractivity contribution >= 4 is 29.2 Å². The molecular formula is C19H18ClN3O2S. The molecule has 134 valence electrons. The number of anilines is 1. The van der Waals surface area contributed by atoms with E-state index in [0.717, 1.165) is 16.9 Å². The van der Waals surface area contributed by atoms with E-state index < -0.39 is 0 Å². The van der Waals surface area contributed by atoms with Gasteiger partial charge < -0.3 is 15.5 Å². The van der Waals surface area contributed by atoms with Crippen molar-refractivity contribution in [1.29, 1.82) is 0 Å². The number of aromatic nitrogens is 2. The number of aromatic amines is 1. The highest BCUT2D eigenvalue weighted by Crippen LogP contribution is 2.23. The molecule has 0 atom stereocenters. The molecule has 1 aromatic heterocycles. The number of benzene rings is 2. The second-order valence-corrected chi connectivity index (χ2v) is 7.10. The summed E-state index contributed by atoms with van der Waals surface area (Å²) in [5.41, 5.74) is 7.85. The lowest BCUT2D eigenvalue weighted by molar-refractivity contribution is 0.343. The molecule has 0 aliphatic carbocycles. The fourth-order valence-corrected chi connectivity index (χ4v) is 3.23. The molecule has 0 spiro atoms. The summed E-state index contributed by atoms with van der Waals surface area (Å²) in [5, 5.41) is 1.19. The fraction of sp³-hybridized carbons (Fsp3) is 0.158. The number of hydrogen-bond acceptors (Lipinski definition) is 5. The van der Waals surface area contributed by atoms with Gasteiger partial charge in [0.05, 0.1) is 12.2 Å². The number of nitrogens with one attached hydrogen (secondary N) is 1. The summed E-state index contributed by atoms with van der Waals surface area (Å²) < 4.78 is 5.69. The van der Waals surface area contributed by atoms with Gasteiger partial charge >= 0.3 is 0 Å². The van der Waals surface area contributed by atoms with Gasteiger partial charge in [0.25, 0.3) is 5.56 Å². The van der Waals surface area contributed by atoms with Crippen molar-refractivity contribution in [2.45, 2.75) is 12.1 Å². The standard InChI is InChI=1S/C19H18ClN3O2S/c1-12-11-14(7-8-15(12)20)25-9-10-26-19-22-17(21)16(18(24)23-19)13-5-3-2-4-6-13/h2-8,11H,9-10H2,1H3,(H3,21,22,23,24). The predicted octanol–water partition coefficient (Wildman–Crippen LogP) is 4.15. The Labute approximate surface area is 160 Å². The minimum absolute atomic E-state index is 0.219. The molecule has 3 N–H and O–H groups in total. The summed E-state index contributed by atoms with van der Waals surface area (Å²) in [6.07, 6.45) is 0. The predicted molar refractivity (Wildman–Crippen MR) is 107 cm³/mol. The maximum Gasteiger partial charge on any atom is 0.261 e. The summed E-state index contributed by atoms with van der Waals surface area (Å²) in [7, 11) is 0. The highest BCUT2D eigenvalue weighted by molar-refractivity contribution is 7.99. The lowest BCUT2D eigenvalue weighted by atomic mass is 10.1. The van der Waals surface area contributed by atoms with E-state index in [1.54, 1.807) is 6.07 Å². The quantitative estimate of drug-likeness (QED) is 0.377. The third-order valence-electron chi connectivity index (χ3n) is 3.71. The van der Waals surface area contributed by atoms with E-state index in [1.807, 2.05) is 49.4 Å². The first-order valence-electron chi connectivity index (χ1n) is 8.01. The second kappa shape index (κ2) is 8.29. The fourth-order valence-electron chi connectivity index (χ4n) is 2.43. The summed E-state index contributed by atoms with van der Waals surface area (Å²) >= 11 is 7.38. The molecule has 1 heterocycles. The van der Waals surface area contributed by atoms with Crippen LogP contribution < -0.4 is 16.0 Å². The van der Waals surface area contributed by atoms with Crippen molar-refractivity contribution in [2.24, 2.45) is 0 Å². The van der Waals surface area contributed by atoms with Crippen molar-refractivity contribution in [3.05, 3.63) is 69.5 Å². The Morgan fingerprint density at radius 3 is 2.69 bits per heavy atom. The molecule has 0 saturated heterocycles. The number of nitrogens with zero attached hydrogens (tertiary/aromatic N) is 1. The van der Waals surface area contributed by atoms with E-state index in [9.17, 15) is 4.79 Å². The van der Waals surface area contributed by atoms with Crippen LogP contribution in [-0.2, 0) is 0 Å². The van der Waals surface area contributed by atoms with Gasteiger partial charge in [-0.1, -0.05) is 53.7 Å². The summed E-state index contributed by atoms with van der Waals surface area (Å²) in [4.78, 5) is 19.4. The average molecular weight is 388 g/mol. The summed E-state index contributed by atoms with van der Waals surface area (Å²) in [6, 6.07) is 14.8. The lowest BCUT2D eigenvalue weighted by Crippen LogP contribution is -2.15. The van der Waals surface area contributed by atoms with Crippen LogP contribution in [0.1, 0.15) is 5.56 Å². The molecule has 0 amide bonds. The monoisotopic (exact) mass is 387 g/mol. The average Bonchev–Trinajstić information content (AvgIpc) is 2.62. The highest BCUT2D eigenvalue weighted by atomic mass is 35.5.